The lowest BCUT2D eigenvalue weighted by atomic mass is 9.80. The number of amides is 1. The number of H-pyrrole nitrogens is 1. The van der Waals surface area contributed by atoms with Crippen LogP contribution in [-0.4, -0.2) is 44.7 Å². The van der Waals surface area contributed by atoms with Gasteiger partial charge in [0, 0.05) is 12.4 Å². The number of carbonyl (C=O) groups is 2. The molecule has 0 saturated heterocycles. The number of hydrogen-bond donors (Lipinski definition) is 2. The molecular formula is C16H19N3O3. The van der Waals surface area contributed by atoms with Crippen molar-refractivity contribution in [2.45, 2.75) is 37.6 Å². The zero-order valence-electron chi connectivity index (χ0n) is 12.5. The van der Waals surface area contributed by atoms with Crippen LogP contribution >= 0.6 is 0 Å². The Kier molecular flexibility index (Phi) is 3.60. The SMILES string of the molecule is CN(C(=O)c1n[nH]c2ccccc12)C1(C(=O)O)CCCCC1. The first kappa shape index (κ1) is 14.6. The van der Waals surface area contributed by atoms with Gasteiger partial charge >= 0.3 is 5.97 Å². The van der Waals surface area contributed by atoms with Crippen molar-refractivity contribution in [1.82, 2.24) is 15.1 Å². The average Bonchev–Trinajstić information content (AvgIpc) is 2.98. The minimum atomic E-state index is -1.12. The third-order valence-corrected chi connectivity index (χ3v) is 4.70. The van der Waals surface area contributed by atoms with Crippen LogP contribution in [0.2, 0.25) is 0 Å². The molecule has 22 heavy (non-hydrogen) atoms. The van der Waals surface area contributed by atoms with Gasteiger partial charge in [-0.25, -0.2) is 4.79 Å². The quantitative estimate of drug-likeness (QED) is 0.911. The Morgan fingerprint density at radius 2 is 1.91 bits per heavy atom. The van der Waals surface area contributed by atoms with Crippen LogP contribution in [0.1, 0.15) is 42.6 Å². The maximum atomic E-state index is 12.8. The number of aromatic nitrogens is 2. The predicted octanol–water partition coefficient (Wildman–Crippen LogP) is 2.42. The van der Waals surface area contributed by atoms with E-state index in [1.54, 1.807) is 7.05 Å². The van der Waals surface area contributed by atoms with Gasteiger partial charge in [-0.3, -0.25) is 9.89 Å². The number of nitrogens with one attached hydrogen (secondary N) is 1. The molecule has 1 aromatic carbocycles. The molecule has 1 fully saturated rings. The highest BCUT2D eigenvalue weighted by Gasteiger charge is 2.46. The Morgan fingerprint density at radius 3 is 2.59 bits per heavy atom. The van der Waals surface area contributed by atoms with Crippen LogP contribution < -0.4 is 0 Å². The second-order valence-electron chi connectivity index (χ2n) is 5.88. The van der Waals surface area contributed by atoms with Gasteiger partial charge in [0.25, 0.3) is 5.91 Å². The summed E-state index contributed by atoms with van der Waals surface area (Å²) in [4.78, 5) is 26.0. The van der Waals surface area contributed by atoms with E-state index in [1.165, 1.54) is 4.90 Å². The molecule has 0 spiro atoms. The number of hydrogen-bond acceptors (Lipinski definition) is 3. The first-order valence-corrected chi connectivity index (χ1v) is 7.51. The van der Waals surface area contributed by atoms with E-state index in [0.717, 1.165) is 30.2 Å². The van der Waals surface area contributed by atoms with Crippen molar-refractivity contribution in [3.8, 4) is 0 Å². The molecule has 0 radical (unpaired) electrons. The lowest BCUT2D eigenvalue weighted by Gasteiger charge is -2.40. The number of nitrogens with zero attached hydrogens (tertiary/aromatic N) is 2. The minimum Gasteiger partial charge on any atom is -0.479 e. The molecule has 1 aromatic heterocycles. The number of carbonyl (C=O) groups excluding carboxylic acids is 1. The van der Waals surface area contributed by atoms with Gasteiger partial charge in [-0.2, -0.15) is 5.10 Å². The van der Waals surface area contributed by atoms with Crippen molar-refractivity contribution >= 4 is 22.8 Å². The zero-order chi connectivity index (χ0) is 15.7. The second-order valence-corrected chi connectivity index (χ2v) is 5.88. The van der Waals surface area contributed by atoms with Gasteiger partial charge in [-0.05, 0) is 18.9 Å². The molecule has 2 aromatic rings. The first-order chi connectivity index (χ1) is 10.6. The zero-order valence-corrected chi connectivity index (χ0v) is 12.5. The molecule has 116 valence electrons. The molecule has 0 unspecified atom stereocenters. The molecule has 6 nitrogen and oxygen atoms in total. The molecule has 3 rings (SSSR count). The fourth-order valence-electron chi connectivity index (χ4n) is 3.31. The summed E-state index contributed by atoms with van der Waals surface area (Å²) in [7, 11) is 1.57. The number of aromatic amines is 1. The summed E-state index contributed by atoms with van der Waals surface area (Å²) >= 11 is 0. The highest BCUT2D eigenvalue weighted by molar-refractivity contribution is 6.06. The van der Waals surface area contributed by atoms with Crippen molar-refractivity contribution in [3.05, 3.63) is 30.0 Å². The van der Waals surface area contributed by atoms with E-state index in [0.29, 0.717) is 12.8 Å². The molecular weight excluding hydrogens is 282 g/mol. The van der Waals surface area contributed by atoms with Crippen LogP contribution in [0.4, 0.5) is 0 Å². The van der Waals surface area contributed by atoms with Gasteiger partial charge in [0.05, 0.1) is 5.52 Å². The maximum absolute atomic E-state index is 12.8. The van der Waals surface area contributed by atoms with Crippen LogP contribution in [0.5, 0.6) is 0 Å². The number of benzene rings is 1. The highest BCUT2D eigenvalue weighted by Crippen LogP contribution is 2.34. The van der Waals surface area contributed by atoms with E-state index in [4.69, 9.17) is 0 Å². The van der Waals surface area contributed by atoms with E-state index in [9.17, 15) is 14.7 Å². The van der Waals surface area contributed by atoms with Crippen molar-refractivity contribution in [3.63, 3.8) is 0 Å². The number of carboxylic acids is 1. The monoisotopic (exact) mass is 301 g/mol. The van der Waals surface area contributed by atoms with Crippen LogP contribution in [0, 0.1) is 0 Å². The summed E-state index contributed by atoms with van der Waals surface area (Å²) in [5.41, 5.74) is -0.0633. The molecule has 1 aliphatic rings. The van der Waals surface area contributed by atoms with Gasteiger partial charge in [-0.1, -0.05) is 37.5 Å². The first-order valence-electron chi connectivity index (χ1n) is 7.51. The van der Waals surface area contributed by atoms with Gasteiger partial charge in [-0.15, -0.1) is 0 Å². The van der Waals surface area contributed by atoms with Gasteiger partial charge in [0.2, 0.25) is 0 Å². The summed E-state index contributed by atoms with van der Waals surface area (Å²) in [6.45, 7) is 0. The lowest BCUT2D eigenvalue weighted by Crippen LogP contribution is -2.56. The Hall–Kier alpha value is -2.37. The normalized spacial score (nSPS) is 17.3. The molecule has 0 aliphatic heterocycles. The predicted molar refractivity (Wildman–Crippen MR) is 81.6 cm³/mol. The molecule has 1 amide bonds. The van der Waals surface area contributed by atoms with Crippen LogP contribution in [-0.2, 0) is 4.79 Å². The van der Waals surface area contributed by atoms with E-state index in [2.05, 4.69) is 10.2 Å². The number of rotatable bonds is 3. The molecule has 1 saturated carbocycles. The molecule has 1 heterocycles. The summed E-state index contributed by atoms with van der Waals surface area (Å²) < 4.78 is 0. The Labute approximate surface area is 128 Å². The number of aliphatic carboxylic acids is 1. The third kappa shape index (κ3) is 2.15. The smallest absolute Gasteiger partial charge is 0.329 e. The molecule has 0 atom stereocenters. The standard InChI is InChI=1S/C16H19N3O3/c1-19(16(15(21)22)9-5-2-6-10-16)14(20)13-11-7-3-4-8-12(11)17-18-13/h3-4,7-8H,2,5-6,9-10H2,1H3,(H,17,18)(H,21,22). The number of fused-ring (bicyclic) bond motifs is 1. The fourth-order valence-corrected chi connectivity index (χ4v) is 3.31. The van der Waals surface area contributed by atoms with E-state index in [1.807, 2.05) is 24.3 Å². The Bertz CT molecular complexity index is 716. The fraction of sp³-hybridized carbons (Fsp3) is 0.438. The van der Waals surface area contributed by atoms with E-state index < -0.39 is 11.5 Å². The van der Waals surface area contributed by atoms with E-state index >= 15 is 0 Å². The molecule has 0 bridgehead atoms. The molecule has 2 N–H and O–H groups in total. The minimum absolute atomic E-state index is 0.282. The average molecular weight is 301 g/mol. The van der Waals surface area contributed by atoms with Crippen molar-refractivity contribution in [2.75, 3.05) is 7.05 Å². The van der Waals surface area contributed by atoms with Crippen molar-refractivity contribution < 1.29 is 14.7 Å². The highest BCUT2D eigenvalue weighted by atomic mass is 16.4. The lowest BCUT2D eigenvalue weighted by molar-refractivity contribution is -0.151. The van der Waals surface area contributed by atoms with Crippen LogP contribution in [0.3, 0.4) is 0 Å². The molecule has 6 heteroatoms. The van der Waals surface area contributed by atoms with Gasteiger partial charge < -0.3 is 10.0 Å². The summed E-state index contributed by atoms with van der Waals surface area (Å²) in [5, 5.41) is 17.3. The Balaban J connectivity index is 1.98. The summed E-state index contributed by atoms with van der Waals surface area (Å²) in [5.74, 6) is -1.27. The summed E-state index contributed by atoms with van der Waals surface area (Å²) in [6, 6.07) is 7.35. The third-order valence-electron chi connectivity index (χ3n) is 4.70. The number of likely N-dealkylation sites (N-methyl/N-ethyl adjacent to an activating group) is 1. The summed E-state index contributed by atoms with van der Waals surface area (Å²) in [6.07, 6.45) is 3.65. The van der Waals surface area contributed by atoms with Crippen molar-refractivity contribution in [2.24, 2.45) is 0 Å². The van der Waals surface area contributed by atoms with Gasteiger partial charge in [0.15, 0.2) is 5.69 Å². The number of para-hydroxylation sites is 1. The Morgan fingerprint density at radius 1 is 1.23 bits per heavy atom. The molecule has 1 aliphatic carbocycles. The van der Waals surface area contributed by atoms with Crippen molar-refractivity contribution in [1.29, 1.82) is 0 Å². The van der Waals surface area contributed by atoms with Gasteiger partial charge in [0.1, 0.15) is 5.54 Å². The van der Waals surface area contributed by atoms with Crippen LogP contribution in [0.25, 0.3) is 10.9 Å². The largest absolute Gasteiger partial charge is 0.479 e. The van der Waals surface area contributed by atoms with E-state index in [-0.39, 0.29) is 11.6 Å². The maximum Gasteiger partial charge on any atom is 0.329 e. The van der Waals surface area contributed by atoms with Crippen LogP contribution in [0.15, 0.2) is 24.3 Å². The topological polar surface area (TPSA) is 86.3 Å². The number of carboxylic acid groups (broad SMARTS) is 1. The second kappa shape index (κ2) is 5.44.